The van der Waals surface area contributed by atoms with Crippen LogP contribution in [0.4, 0.5) is 0 Å². The van der Waals surface area contributed by atoms with Gasteiger partial charge in [0.2, 0.25) is 0 Å². The van der Waals surface area contributed by atoms with Crippen molar-refractivity contribution in [3.8, 4) is 0 Å². The van der Waals surface area contributed by atoms with Crippen LogP contribution in [-0.4, -0.2) is 36.5 Å². The summed E-state index contributed by atoms with van der Waals surface area (Å²) in [7, 11) is 1.57. The van der Waals surface area contributed by atoms with E-state index in [0.29, 0.717) is 18.8 Å². The third-order valence-corrected chi connectivity index (χ3v) is 2.63. The van der Waals surface area contributed by atoms with Crippen molar-refractivity contribution in [2.24, 2.45) is 0 Å². The zero-order chi connectivity index (χ0) is 12.8. The van der Waals surface area contributed by atoms with E-state index in [1.165, 1.54) is 0 Å². The van der Waals surface area contributed by atoms with Crippen LogP contribution < -0.4 is 11.2 Å². The van der Waals surface area contributed by atoms with Crippen LogP contribution in [0.2, 0.25) is 5.15 Å². The van der Waals surface area contributed by atoms with E-state index < -0.39 is 11.2 Å². The summed E-state index contributed by atoms with van der Waals surface area (Å²) >= 11 is 5.68. The number of rotatable bonds is 6. The summed E-state index contributed by atoms with van der Waals surface area (Å²) in [5.41, 5.74) is -0.599. The number of nitrogens with one attached hydrogen (secondary N) is 1. The van der Waals surface area contributed by atoms with Gasteiger partial charge in [0.1, 0.15) is 5.15 Å². The zero-order valence-electron chi connectivity index (χ0n) is 9.79. The van der Waals surface area contributed by atoms with Gasteiger partial charge < -0.3 is 9.47 Å². The Kier molecular flexibility index (Phi) is 5.40. The molecule has 96 valence electrons. The van der Waals surface area contributed by atoms with E-state index >= 15 is 0 Å². The standard InChI is InChI=1S/C10H15ClN2O4/c1-7-8(11)12-10(15)13(9(7)14)3-4-17-6-5-16-2/h3-6H2,1-2H3,(H,12,15). The lowest BCUT2D eigenvalue weighted by Gasteiger charge is -2.07. The lowest BCUT2D eigenvalue weighted by Crippen LogP contribution is -2.37. The minimum Gasteiger partial charge on any atom is -0.382 e. The maximum Gasteiger partial charge on any atom is 0.329 e. The Morgan fingerprint density at radius 1 is 1.29 bits per heavy atom. The van der Waals surface area contributed by atoms with Crippen molar-refractivity contribution >= 4 is 11.6 Å². The maximum absolute atomic E-state index is 11.7. The van der Waals surface area contributed by atoms with Crippen LogP contribution in [0.25, 0.3) is 0 Å². The second kappa shape index (κ2) is 6.58. The van der Waals surface area contributed by atoms with Gasteiger partial charge in [-0.25, -0.2) is 4.79 Å². The van der Waals surface area contributed by atoms with Crippen LogP contribution in [0.15, 0.2) is 9.59 Å². The number of ether oxygens (including phenoxy) is 2. The molecule has 0 saturated heterocycles. The average Bonchev–Trinajstić information content (AvgIpc) is 2.30. The predicted molar refractivity (Wildman–Crippen MR) is 63.8 cm³/mol. The Labute approximate surface area is 103 Å². The fourth-order valence-corrected chi connectivity index (χ4v) is 1.41. The van der Waals surface area contributed by atoms with E-state index in [2.05, 4.69) is 4.98 Å². The van der Waals surface area contributed by atoms with Crippen molar-refractivity contribution in [2.75, 3.05) is 26.9 Å². The molecule has 0 unspecified atom stereocenters. The number of nitrogens with zero attached hydrogens (tertiary/aromatic N) is 1. The van der Waals surface area contributed by atoms with Crippen LogP contribution in [0.5, 0.6) is 0 Å². The highest BCUT2D eigenvalue weighted by molar-refractivity contribution is 6.30. The molecular formula is C10H15ClN2O4. The van der Waals surface area contributed by atoms with Crippen molar-refractivity contribution in [1.82, 2.24) is 9.55 Å². The summed E-state index contributed by atoms with van der Waals surface area (Å²) in [5.74, 6) is 0. The van der Waals surface area contributed by atoms with Gasteiger partial charge in [0.05, 0.1) is 26.4 Å². The molecule has 1 N–H and O–H groups in total. The van der Waals surface area contributed by atoms with Gasteiger partial charge in [-0.05, 0) is 6.92 Å². The van der Waals surface area contributed by atoms with Crippen LogP contribution in [0.1, 0.15) is 5.56 Å². The number of hydrogen-bond donors (Lipinski definition) is 1. The van der Waals surface area contributed by atoms with E-state index in [4.69, 9.17) is 21.1 Å². The van der Waals surface area contributed by atoms with Crippen molar-refractivity contribution in [1.29, 1.82) is 0 Å². The van der Waals surface area contributed by atoms with Gasteiger partial charge >= 0.3 is 5.69 Å². The number of halogens is 1. The van der Waals surface area contributed by atoms with Crippen LogP contribution >= 0.6 is 11.6 Å². The molecule has 1 rings (SSSR count). The predicted octanol–water partition coefficient (Wildman–Crippen LogP) is 0.161. The van der Waals surface area contributed by atoms with Gasteiger partial charge in [-0.1, -0.05) is 11.6 Å². The summed E-state index contributed by atoms with van der Waals surface area (Å²) < 4.78 is 11.0. The summed E-state index contributed by atoms with van der Waals surface area (Å²) in [4.78, 5) is 25.6. The van der Waals surface area contributed by atoms with Crippen LogP contribution in [0, 0.1) is 6.92 Å². The number of aromatic amines is 1. The molecule has 1 aromatic rings. The molecule has 0 bridgehead atoms. The van der Waals surface area contributed by atoms with Crippen molar-refractivity contribution in [2.45, 2.75) is 13.5 Å². The Balaban J connectivity index is 2.69. The van der Waals surface area contributed by atoms with E-state index in [0.717, 1.165) is 4.57 Å². The monoisotopic (exact) mass is 262 g/mol. The topological polar surface area (TPSA) is 73.3 Å². The van der Waals surface area contributed by atoms with Crippen molar-refractivity contribution in [3.63, 3.8) is 0 Å². The highest BCUT2D eigenvalue weighted by Gasteiger charge is 2.08. The molecule has 1 heterocycles. The molecule has 0 aliphatic heterocycles. The van der Waals surface area contributed by atoms with Gasteiger partial charge in [0.15, 0.2) is 0 Å². The van der Waals surface area contributed by atoms with Crippen LogP contribution in [-0.2, 0) is 16.0 Å². The van der Waals surface area contributed by atoms with Gasteiger partial charge in [0.25, 0.3) is 5.56 Å². The summed E-state index contributed by atoms with van der Waals surface area (Å²) in [6.45, 7) is 2.92. The summed E-state index contributed by atoms with van der Waals surface area (Å²) in [5, 5.41) is 0.0801. The molecule has 7 heteroatoms. The first-order valence-corrected chi connectivity index (χ1v) is 5.51. The Bertz CT molecular complexity index is 480. The Hall–Kier alpha value is -1.11. The molecule has 0 aliphatic rings. The van der Waals surface area contributed by atoms with Gasteiger partial charge in [-0.15, -0.1) is 0 Å². The number of H-pyrrole nitrogens is 1. The van der Waals surface area contributed by atoms with Gasteiger partial charge in [0, 0.05) is 12.7 Å². The van der Waals surface area contributed by atoms with Crippen molar-refractivity contribution in [3.05, 3.63) is 31.6 Å². The second-order valence-corrected chi connectivity index (χ2v) is 3.81. The Morgan fingerprint density at radius 2 is 2.00 bits per heavy atom. The SMILES string of the molecule is COCCOCCn1c(=O)[nH]c(Cl)c(C)c1=O. The van der Waals surface area contributed by atoms with Crippen molar-refractivity contribution < 1.29 is 9.47 Å². The van der Waals surface area contributed by atoms with E-state index in [9.17, 15) is 9.59 Å². The molecule has 6 nitrogen and oxygen atoms in total. The molecule has 0 aromatic carbocycles. The molecule has 17 heavy (non-hydrogen) atoms. The largest absolute Gasteiger partial charge is 0.382 e. The second-order valence-electron chi connectivity index (χ2n) is 3.43. The third kappa shape index (κ3) is 3.69. The normalized spacial score (nSPS) is 10.8. The molecule has 0 saturated carbocycles. The molecule has 1 aromatic heterocycles. The number of aromatic nitrogens is 2. The summed E-state index contributed by atoms with van der Waals surface area (Å²) in [6.07, 6.45) is 0. The number of hydrogen-bond acceptors (Lipinski definition) is 4. The first-order valence-electron chi connectivity index (χ1n) is 5.13. The third-order valence-electron chi connectivity index (χ3n) is 2.25. The average molecular weight is 263 g/mol. The lowest BCUT2D eigenvalue weighted by atomic mass is 10.4. The van der Waals surface area contributed by atoms with Gasteiger partial charge in [-0.3, -0.25) is 14.3 Å². The molecule has 0 radical (unpaired) electrons. The zero-order valence-corrected chi connectivity index (χ0v) is 10.5. The Morgan fingerprint density at radius 3 is 2.65 bits per heavy atom. The highest BCUT2D eigenvalue weighted by Crippen LogP contribution is 2.02. The quantitative estimate of drug-likeness (QED) is 0.586. The highest BCUT2D eigenvalue weighted by atomic mass is 35.5. The smallest absolute Gasteiger partial charge is 0.329 e. The van der Waals surface area contributed by atoms with E-state index in [1.54, 1.807) is 14.0 Å². The molecule has 0 spiro atoms. The fraction of sp³-hybridized carbons (Fsp3) is 0.600. The van der Waals surface area contributed by atoms with E-state index in [1.807, 2.05) is 0 Å². The molecule has 0 amide bonds. The minimum absolute atomic E-state index is 0.0801. The maximum atomic E-state index is 11.7. The molecular weight excluding hydrogens is 248 g/mol. The fourth-order valence-electron chi connectivity index (χ4n) is 1.25. The van der Waals surface area contributed by atoms with Crippen LogP contribution in [0.3, 0.4) is 0 Å². The molecule has 0 atom stereocenters. The lowest BCUT2D eigenvalue weighted by molar-refractivity contribution is 0.0658. The van der Waals surface area contributed by atoms with E-state index in [-0.39, 0.29) is 18.3 Å². The van der Waals surface area contributed by atoms with Gasteiger partial charge in [-0.2, -0.15) is 0 Å². The molecule has 0 fully saturated rings. The minimum atomic E-state index is -0.527. The summed E-state index contributed by atoms with van der Waals surface area (Å²) in [6, 6.07) is 0. The first-order chi connectivity index (χ1) is 8.07. The molecule has 0 aliphatic carbocycles. The number of methoxy groups -OCH3 is 1. The first kappa shape index (κ1) is 14.0.